The lowest BCUT2D eigenvalue weighted by Crippen LogP contribution is -2.34. The maximum Gasteiger partial charge on any atom is 0.0653 e. The van der Waals surface area contributed by atoms with Crippen LogP contribution in [0.15, 0.2) is 49.8 Å². The highest BCUT2D eigenvalue weighted by Gasteiger charge is 2.40. The van der Waals surface area contributed by atoms with Crippen molar-refractivity contribution in [3.8, 4) is 0 Å². The van der Waals surface area contributed by atoms with Crippen molar-refractivity contribution in [3.05, 3.63) is 72.1 Å². The van der Waals surface area contributed by atoms with Gasteiger partial charge in [-0.15, -0.1) is 0 Å². The van der Waals surface area contributed by atoms with E-state index in [4.69, 9.17) is 0 Å². The number of nitrogens with zero attached hydrogens (tertiary/aromatic N) is 2. The molecule has 2 nitrogen and oxygen atoms in total. The third kappa shape index (κ3) is 2.07. The first-order valence-electron chi connectivity index (χ1n) is 7.54. The summed E-state index contributed by atoms with van der Waals surface area (Å²) in [5, 5.41) is 0. The number of anilines is 1. The number of rotatable bonds is 2. The Labute approximate surface area is 132 Å². The molecule has 0 radical (unpaired) electrons. The van der Waals surface area contributed by atoms with Crippen molar-refractivity contribution < 1.29 is 0 Å². The van der Waals surface area contributed by atoms with E-state index in [1.165, 1.54) is 16.7 Å². The Morgan fingerprint density at radius 2 is 1.91 bits per heavy atom. The van der Waals surface area contributed by atoms with E-state index < -0.39 is 0 Å². The summed E-state index contributed by atoms with van der Waals surface area (Å²) in [6.45, 7) is 17.0. The van der Waals surface area contributed by atoms with Crippen LogP contribution in [0.25, 0.3) is 11.3 Å². The third-order valence-corrected chi connectivity index (χ3v) is 4.43. The van der Waals surface area contributed by atoms with Crippen LogP contribution >= 0.6 is 0 Å². The van der Waals surface area contributed by atoms with E-state index in [0.29, 0.717) is 0 Å². The van der Waals surface area contributed by atoms with Crippen molar-refractivity contribution in [2.45, 2.75) is 33.2 Å². The van der Waals surface area contributed by atoms with Crippen LogP contribution in [0.4, 0.5) is 5.69 Å². The highest BCUT2D eigenvalue weighted by Crippen LogP contribution is 2.47. The second kappa shape index (κ2) is 4.84. The van der Waals surface area contributed by atoms with E-state index in [2.05, 4.69) is 68.1 Å². The molecule has 112 valence electrons. The van der Waals surface area contributed by atoms with Gasteiger partial charge in [-0.05, 0) is 56.5 Å². The summed E-state index contributed by atoms with van der Waals surface area (Å²) in [5.41, 5.74) is 7.87. The molecule has 0 bridgehead atoms. The number of hydrogen-bond acceptors (Lipinski definition) is 2. The summed E-state index contributed by atoms with van der Waals surface area (Å²) in [5.74, 6) is 0. The smallest absolute Gasteiger partial charge is 0.0653 e. The van der Waals surface area contributed by atoms with Gasteiger partial charge in [0.2, 0.25) is 0 Å². The predicted molar refractivity (Wildman–Crippen MR) is 94.7 cm³/mol. The Morgan fingerprint density at radius 1 is 1.18 bits per heavy atom. The van der Waals surface area contributed by atoms with Gasteiger partial charge in [0.15, 0.2) is 0 Å². The molecular formula is C20H22N2. The van der Waals surface area contributed by atoms with Gasteiger partial charge in [0.25, 0.3) is 0 Å². The molecule has 0 saturated heterocycles. The first-order chi connectivity index (χ1) is 10.3. The van der Waals surface area contributed by atoms with E-state index in [9.17, 15) is 0 Å². The Morgan fingerprint density at radius 3 is 2.55 bits per heavy atom. The Balaban J connectivity index is 2.17. The fraction of sp³-hybridized carbons (Fsp3) is 0.250. The minimum absolute atomic E-state index is 0.159. The average molecular weight is 290 g/mol. The number of hydrogen-bond donors (Lipinski definition) is 0. The molecule has 0 spiro atoms. The molecule has 1 aliphatic heterocycles. The molecule has 0 amide bonds. The molecule has 3 rings (SSSR count). The predicted octanol–water partition coefficient (Wildman–Crippen LogP) is 5.15. The van der Waals surface area contributed by atoms with Crippen LogP contribution in [-0.4, -0.2) is 4.98 Å². The molecule has 0 saturated carbocycles. The molecule has 0 atom stereocenters. The molecule has 0 unspecified atom stereocenters. The van der Waals surface area contributed by atoms with Gasteiger partial charge in [-0.25, -0.2) is 0 Å². The van der Waals surface area contributed by atoms with Gasteiger partial charge < -0.3 is 4.90 Å². The van der Waals surface area contributed by atoms with E-state index in [1.54, 1.807) is 0 Å². The zero-order valence-electron chi connectivity index (χ0n) is 13.8. The zero-order valence-corrected chi connectivity index (χ0v) is 13.8. The molecule has 0 fully saturated rings. The fourth-order valence-corrected chi connectivity index (χ4v) is 3.29. The van der Waals surface area contributed by atoms with Crippen molar-refractivity contribution in [1.29, 1.82) is 0 Å². The lowest BCUT2D eigenvalue weighted by molar-refractivity contribution is 0.559. The number of allylic oxidation sites excluding steroid dienone is 1. The molecule has 2 heterocycles. The molecule has 22 heavy (non-hydrogen) atoms. The molecule has 0 aliphatic carbocycles. The summed E-state index contributed by atoms with van der Waals surface area (Å²) in [4.78, 5) is 6.62. The normalized spacial score (nSPS) is 15.8. The summed E-state index contributed by atoms with van der Waals surface area (Å²) < 4.78 is 0. The van der Waals surface area contributed by atoms with Gasteiger partial charge in [-0.1, -0.05) is 30.9 Å². The molecule has 1 aromatic carbocycles. The Bertz CT molecular complexity index is 784. The van der Waals surface area contributed by atoms with E-state index >= 15 is 0 Å². The van der Waals surface area contributed by atoms with Crippen LogP contribution in [0.5, 0.6) is 0 Å². The van der Waals surface area contributed by atoms with Crippen LogP contribution in [0, 0.1) is 6.92 Å². The van der Waals surface area contributed by atoms with Gasteiger partial charge in [-0.2, -0.15) is 0 Å². The minimum Gasteiger partial charge on any atom is -0.330 e. The lowest BCUT2D eigenvalue weighted by atomic mass is 9.90. The number of aryl methyl sites for hydroxylation is 1. The second-order valence-corrected chi connectivity index (χ2v) is 6.60. The van der Waals surface area contributed by atoms with Crippen molar-refractivity contribution in [2.75, 3.05) is 4.90 Å². The highest BCUT2D eigenvalue weighted by molar-refractivity contribution is 5.87. The molecule has 1 aliphatic rings. The molecular weight excluding hydrogens is 268 g/mol. The molecule has 0 N–H and O–H groups in total. The standard InChI is InChI=1S/C20H22N2/c1-13(2)16-7-8-18-15(4)22(20(5,6)19(18)10-16)17-9-14(3)11-21-12-17/h7-12H,1,4H2,2-3,5-6H3. The number of benzene rings is 1. The quantitative estimate of drug-likeness (QED) is 0.760. The largest absolute Gasteiger partial charge is 0.330 e. The van der Waals surface area contributed by atoms with Crippen LogP contribution in [0.3, 0.4) is 0 Å². The van der Waals surface area contributed by atoms with Crippen molar-refractivity contribution in [1.82, 2.24) is 4.98 Å². The Kier molecular flexibility index (Phi) is 3.21. The van der Waals surface area contributed by atoms with Crippen LogP contribution in [0.1, 0.15) is 43.0 Å². The maximum atomic E-state index is 4.34. The van der Waals surface area contributed by atoms with Crippen molar-refractivity contribution in [2.24, 2.45) is 0 Å². The molecule has 1 aromatic heterocycles. The topological polar surface area (TPSA) is 16.1 Å². The average Bonchev–Trinajstić information content (AvgIpc) is 2.65. The van der Waals surface area contributed by atoms with E-state index in [-0.39, 0.29) is 5.54 Å². The summed E-state index contributed by atoms with van der Waals surface area (Å²) in [6.07, 6.45) is 3.78. The number of fused-ring (bicyclic) bond motifs is 1. The second-order valence-electron chi connectivity index (χ2n) is 6.60. The fourth-order valence-electron chi connectivity index (χ4n) is 3.29. The first-order valence-corrected chi connectivity index (χ1v) is 7.54. The van der Waals surface area contributed by atoms with Gasteiger partial charge >= 0.3 is 0 Å². The highest BCUT2D eigenvalue weighted by atomic mass is 15.2. The first kappa shape index (κ1) is 14.6. The zero-order chi connectivity index (χ0) is 16.1. The van der Waals surface area contributed by atoms with Crippen molar-refractivity contribution >= 4 is 17.0 Å². The number of aromatic nitrogens is 1. The SMILES string of the molecule is C=C(C)c1ccc2c(c1)C(C)(C)N(c1cncc(C)c1)C2=C. The monoisotopic (exact) mass is 290 g/mol. The molecule has 2 aromatic rings. The lowest BCUT2D eigenvalue weighted by Gasteiger charge is -2.34. The van der Waals surface area contributed by atoms with E-state index in [0.717, 1.165) is 22.5 Å². The summed E-state index contributed by atoms with van der Waals surface area (Å²) >= 11 is 0. The molecule has 2 heteroatoms. The van der Waals surface area contributed by atoms with Crippen LogP contribution < -0.4 is 4.90 Å². The minimum atomic E-state index is -0.159. The van der Waals surface area contributed by atoms with Crippen LogP contribution in [-0.2, 0) is 5.54 Å². The Hall–Kier alpha value is -2.35. The van der Waals surface area contributed by atoms with Gasteiger partial charge in [0, 0.05) is 17.5 Å². The van der Waals surface area contributed by atoms with Gasteiger partial charge in [0.1, 0.15) is 0 Å². The van der Waals surface area contributed by atoms with Crippen LogP contribution in [0.2, 0.25) is 0 Å². The van der Waals surface area contributed by atoms with E-state index in [1.807, 2.05) is 19.3 Å². The third-order valence-electron chi connectivity index (χ3n) is 4.43. The summed E-state index contributed by atoms with van der Waals surface area (Å²) in [6, 6.07) is 8.69. The van der Waals surface area contributed by atoms with Crippen molar-refractivity contribution in [3.63, 3.8) is 0 Å². The summed E-state index contributed by atoms with van der Waals surface area (Å²) in [7, 11) is 0. The van der Waals surface area contributed by atoms with Gasteiger partial charge in [0.05, 0.1) is 17.4 Å². The number of pyridine rings is 1. The van der Waals surface area contributed by atoms with Gasteiger partial charge in [-0.3, -0.25) is 4.98 Å². The maximum absolute atomic E-state index is 4.34.